The van der Waals surface area contributed by atoms with Crippen molar-refractivity contribution >= 4 is 45.5 Å². The normalized spacial score (nSPS) is 1.60. The fraction of sp³-hybridized carbons (Fsp3) is 0. The van der Waals surface area contributed by atoms with Crippen LogP contribution in [0.4, 0.5) is 0 Å². The molecule has 0 aromatic rings. The van der Waals surface area contributed by atoms with E-state index in [1.165, 1.54) is 0 Å². The van der Waals surface area contributed by atoms with Crippen LogP contribution in [0.1, 0.15) is 0 Å². The van der Waals surface area contributed by atoms with E-state index in [9.17, 15) is 0 Å². The van der Waals surface area contributed by atoms with Gasteiger partial charge in [0.1, 0.15) is 0 Å². The molecule has 0 aliphatic rings. The van der Waals surface area contributed by atoms with E-state index in [1.54, 1.807) is 0 Å². The van der Waals surface area contributed by atoms with Crippen LogP contribution >= 0.6 is 0 Å². The Morgan fingerprint density at radius 3 is 1.20 bits per heavy atom. The molecule has 0 aromatic heterocycles. The molecule has 0 heterocycles. The van der Waals surface area contributed by atoms with Gasteiger partial charge in [-0.2, -0.15) is 0 Å². The molecule has 0 amide bonds. The van der Waals surface area contributed by atoms with Gasteiger partial charge in [-0.05, 0) is 0 Å². The van der Waals surface area contributed by atoms with Crippen LogP contribution < -0.4 is 0 Å². The standard InChI is InChI=1S/H2O.2O.Sr.Zr.2H/h1H2;;;;;;. The summed E-state index contributed by atoms with van der Waals surface area (Å²) in [6.07, 6.45) is 0. The third-order valence-electron chi connectivity index (χ3n) is 0. The minimum atomic E-state index is -2.27. The number of hydrogen-bond donors (Lipinski definition) is 0. The molecule has 5 heteroatoms. The van der Waals surface area contributed by atoms with Gasteiger partial charge in [0.15, 0.2) is 0 Å². The SMILES string of the molecule is O.[O]=[Zr]=[O].[SrH2]. The summed E-state index contributed by atoms with van der Waals surface area (Å²) in [7, 11) is 0. The molecule has 28 valence electrons. The number of rotatable bonds is 0. The molecule has 0 radical (unpaired) electrons. The molecule has 5 heavy (non-hydrogen) atoms. The molecule has 0 atom stereocenters. The van der Waals surface area contributed by atoms with E-state index < -0.39 is 23.2 Å². The van der Waals surface area contributed by atoms with E-state index in [0.717, 1.165) is 0 Å². The Bertz CT molecular complexity index is 27.9. The van der Waals surface area contributed by atoms with Gasteiger partial charge in [-0.3, -0.25) is 0 Å². The molecule has 0 aromatic carbocycles. The molecular weight excluding hydrogens is 227 g/mol. The van der Waals surface area contributed by atoms with E-state index in [2.05, 4.69) is 0 Å². The van der Waals surface area contributed by atoms with Crippen LogP contribution in [0.3, 0.4) is 0 Å². The van der Waals surface area contributed by atoms with Crippen molar-refractivity contribution in [2.45, 2.75) is 0 Å². The van der Waals surface area contributed by atoms with Crippen LogP contribution in [0.2, 0.25) is 0 Å². The van der Waals surface area contributed by atoms with Crippen LogP contribution in [-0.2, 0) is 28.9 Å². The summed E-state index contributed by atoms with van der Waals surface area (Å²) in [5.74, 6) is 0. The molecule has 0 rings (SSSR count). The van der Waals surface area contributed by atoms with Crippen molar-refractivity contribution in [2.75, 3.05) is 0 Å². The monoisotopic (exact) mass is 230 g/mol. The zero-order valence-corrected chi connectivity index (χ0v) is 4.27. The van der Waals surface area contributed by atoms with Crippen LogP contribution in [0, 0.1) is 0 Å². The quantitative estimate of drug-likeness (QED) is 0.453. The van der Waals surface area contributed by atoms with E-state index in [0.29, 0.717) is 0 Å². The second kappa shape index (κ2) is 16.8. The summed E-state index contributed by atoms with van der Waals surface area (Å²) in [6, 6.07) is 0. The van der Waals surface area contributed by atoms with E-state index in [4.69, 9.17) is 5.63 Å². The third kappa shape index (κ3) is 24.6. The van der Waals surface area contributed by atoms with Crippen molar-refractivity contribution in [1.29, 1.82) is 0 Å². The average Bonchev–Trinajstić information content (AvgIpc) is 0.918. The Morgan fingerprint density at radius 2 is 1.20 bits per heavy atom. The predicted octanol–water partition coefficient (Wildman–Crippen LogP) is -1.98. The summed E-state index contributed by atoms with van der Waals surface area (Å²) in [6.45, 7) is 0. The van der Waals surface area contributed by atoms with Crippen LogP contribution in [-0.4, -0.2) is 51.0 Å². The Hall–Kier alpha value is 1.92. The summed E-state index contributed by atoms with van der Waals surface area (Å²) >= 11 is -2.27. The zero-order chi connectivity index (χ0) is 2.71. The van der Waals surface area contributed by atoms with E-state index >= 15 is 0 Å². The second-order valence-corrected chi connectivity index (χ2v) is 0.493. The molecule has 0 aliphatic carbocycles. The zero-order valence-electron chi connectivity index (χ0n) is 1.82. The van der Waals surface area contributed by atoms with Gasteiger partial charge < -0.3 is 5.48 Å². The molecule has 2 N–H and O–H groups in total. The Morgan fingerprint density at radius 1 is 1.20 bits per heavy atom. The topological polar surface area (TPSA) is 65.6 Å². The second-order valence-electron chi connectivity index (χ2n) is 0.0833. The fourth-order valence-corrected chi connectivity index (χ4v) is 0. The first-order valence-electron chi connectivity index (χ1n) is 0.408. The van der Waals surface area contributed by atoms with Gasteiger partial charge in [-0.1, -0.05) is 0 Å². The van der Waals surface area contributed by atoms with Gasteiger partial charge >= 0.3 is 74.4 Å². The van der Waals surface area contributed by atoms with E-state index in [-0.39, 0.29) is 51.0 Å². The van der Waals surface area contributed by atoms with Crippen molar-refractivity contribution in [3.05, 3.63) is 0 Å². The first-order chi connectivity index (χ1) is 1.41. The van der Waals surface area contributed by atoms with Gasteiger partial charge in [0.2, 0.25) is 0 Å². The van der Waals surface area contributed by atoms with Gasteiger partial charge in [-0.25, -0.2) is 0 Å². The molecule has 0 aliphatic heterocycles. The Kier molecular flexibility index (Phi) is 53.0. The summed E-state index contributed by atoms with van der Waals surface area (Å²) in [5.41, 5.74) is 0. The fourth-order valence-electron chi connectivity index (χ4n) is 0. The number of hydrogen-bond acceptors (Lipinski definition) is 2. The van der Waals surface area contributed by atoms with Crippen LogP contribution in [0.5, 0.6) is 0 Å². The third-order valence-corrected chi connectivity index (χ3v) is 0. The molecule has 0 saturated carbocycles. The summed E-state index contributed by atoms with van der Waals surface area (Å²) in [4.78, 5) is 0. The maximum absolute atomic E-state index is 8.54. The van der Waals surface area contributed by atoms with Crippen molar-refractivity contribution in [2.24, 2.45) is 0 Å². The predicted molar refractivity (Wildman–Crippen MR) is 13.5 cm³/mol. The molecular formula is H4O3SrZr. The van der Waals surface area contributed by atoms with Gasteiger partial charge in [0.25, 0.3) is 0 Å². The Balaban J connectivity index is -0.0000000200. The van der Waals surface area contributed by atoms with Crippen molar-refractivity contribution < 1.29 is 34.3 Å². The first kappa shape index (κ1) is 15.8. The summed E-state index contributed by atoms with van der Waals surface area (Å²) in [5, 5.41) is 0. The minimum absolute atomic E-state index is 0. The summed E-state index contributed by atoms with van der Waals surface area (Å²) < 4.78 is 17.1. The molecule has 3 nitrogen and oxygen atoms in total. The molecule has 0 saturated heterocycles. The van der Waals surface area contributed by atoms with Crippen molar-refractivity contribution in [3.8, 4) is 0 Å². The van der Waals surface area contributed by atoms with Crippen molar-refractivity contribution in [3.63, 3.8) is 0 Å². The van der Waals surface area contributed by atoms with Gasteiger partial charge in [-0.15, -0.1) is 0 Å². The molecule has 0 unspecified atom stereocenters. The maximum atomic E-state index is 8.54. The van der Waals surface area contributed by atoms with Gasteiger partial charge in [0.05, 0.1) is 0 Å². The first-order valence-corrected chi connectivity index (χ1v) is 2.42. The van der Waals surface area contributed by atoms with Crippen LogP contribution in [0.15, 0.2) is 0 Å². The molecule has 0 fully saturated rings. The van der Waals surface area contributed by atoms with Gasteiger partial charge in [0, 0.05) is 0 Å². The van der Waals surface area contributed by atoms with Crippen molar-refractivity contribution in [1.82, 2.24) is 0 Å². The van der Waals surface area contributed by atoms with Crippen LogP contribution in [0.25, 0.3) is 0 Å². The molecule has 0 bridgehead atoms. The van der Waals surface area contributed by atoms with E-state index in [1.807, 2.05) is 0 Å². The Labute approximate surface area is 78.2 Å². The molecule has 0 spiro atoms. The average molecular weight is 231 g/mol.